The molecule has 2 aromatic rings. The number of nitrogens with zero attached hydrogens (tertiary/aromatic N) is 1. The summed E-state index contributed by atoms with van der Waals surface area (Å²) in [5.74, 6) is -0.240. The van der Waals surface area contributed by atoms with Crippen LogP contribution in [0.1, 0.15) is 41.6 Å². The number of anilines is 2. The fourth-order valence-electron chi connectivity index (χ4n) is 3.91. The highest BCUT2D eigenvalue weighted by Gasteiger charge is 2.31. The van der Waals surface area contributed by atoms with E-state index in [1.807, 2.05) is 23.1 Å². The van der Waals surface area contributed by atoms with E-state index in [-0.39, 0.29) is 23.5 Å². The van der Waals surface area contributed by atoms with Crippen molar-refractivity contribution in [3.05, 3.63) is 59.4 Å². The van der Waals surface area contributed by atoms with E-state index in [9.17, 15) is 14.0 Å². The molecule has 1 aliphatic heterocycles. The van der Waals surface area contributed by atoms with Gasteiger partial charge in [0.15, 0.2) is 0 Å². The third kappa shape index (κ3) is 3.21. The number of benzene rings is 2. The Hall–Kier alpha value is -2.69. The van der Waals surface area contributed by atoms with Gasteiger partial charge in [-0.15, -0.1) is 0 Å². The molecule has 26 heavy (non-hydrogen) atoms. The number of rotatable bonds is 3. The second kappa shape index (κ2) is 6.90. The summed E-state index contributed by atoms with van der Waals surface area (Å²) in [5.41, 5.74) is 3.13. The van der Waals surface area contributed by atoms with Gasteiger partial charge in [0.1, 0.15) is 5.82 Å². The molecule has 0 radical (unpaired) electrons. The standard InChI is InChI=1S/C21H21FN2O2/c22-17-7-5-14(6-8-17)20(25)23-18-9-10-19-16(13-18)11-12-24(19)21(26)15-3-1-2-4-15/h5-10,13,15H,1-4,11-12H2,(H,23,25). The lowest BCUT2D eigenvalue weighted by molar-refractivity contribution is -0.122. The fraction of sp³-hybridized carbons (Fsp3) is 0.333. The van der Waals surface area contributed by atoms with Crippen molar-refractivity contribution < 1.29 is 14.0 Å². The zero-order chi connectivity index (χ0) is 18.1. The molecule has 1 aliphatic carbocycles. The van der Waals surface area contributed by atoms with Gasteiger partial charge in [-0.3, -0.25) is 9.59 Å². The van der Waals surface area contributed by atoms with Crippen LogP contribution in [-0.2, 0) is 11.2 Å². The van der Waals surface area contributed by atoms with Gasteiger partial charge < -0.3 is 10.2 Å². The maximum absolute atomic E-state index is 13.0. The number of fused-ring (bicyclic) bond motifs is 1. The van der Waals surface area contributed by atoms with Crippen LogP contribution in [0.5, 0.6) is 0 Å². The Balaban J connectivity index is 1.48. The molecule has 0 unspecified atom stereocenters. The van der Waals surface area contributed by atoms with Crippen molar-refractivity contribution in [1.29, 1.82) is 0 Å². The third-order valence-corrected chi connectivity index (χ3v) is 5.31. The summed E-state index contributed by atoms with van der Waals surface area (Å²) in [6.07, 6.45) is 5.08. The van der Waals surface area contributed by atoms with Gasteiger partial charge >= 0.3 is 0 Å². The van der Waals surface area contributed by atoms with Gasteiger partial charge in [-0.2, -0.15) is 0 Å². The maximum Gasteiger partial charge on any atom is 0.255 e. The zero-order valence-corrected chi connectivity index (χ0v) is 14.5. The van der Waals surface area contributed by atoms with E-state index in [1.165, 1.54) is 24.3 Å². The second-order valence-electron chi connectivity index (χ2n) is 7.03. The smallest absolute Gasteiger partial charge is 0.255 e. The Morgan fingerprint density at radius 3 is 2.50 bits per heavy atom. The lowest BCUT2D eigenvalue weighted by Gasteiger charge is -2.21. The number of hydrogen-bond acceptors (Lipinski definition) is 2. The molecule has 134 valence electrons. The largest absolute Gasteiger partial charge is 0.322 e. The van der Waals surface area contributed by atoms with Crippen LogP contribution in [0.25, 0.3) is 0 Å². The Bertz CT molecular complexity index is 842. The minimum atomic E-state index is -0.369. The molecule has 0 aromatic heterocycles. The van der Waals surface area contributed by atoms with Crippen molar-refractivity contribution in [3.8, 4) is 0 Å². The first kappa shape index (κ1) is 16.8. The first-order valence-corrected chi connectivity index (χ1v) is 9.13. The lowest BCUT2D eigenvalue weighted by atomic mass is 10.1. The highest BCUT2D eigenvalue weighted by atomic mass is 19.1. The predicted molar refractivity (Wildman–Crippen MR) is 98.8 cm³/mol. The normalized spacial score (nSPS) is 16.6. The lowest BCUT2D eigenvalue weighted by Crippen LogP contribution is -2.33. The van der Waals surface area contributed by atoms with Gasteiger partial charge in [0.2, 0.25) is 5.91 Å². The predicted octanol–water partition coefficient (Wildman–Crippen LogP) is 4.16. The SMILES string of the molecule is O=C(Nc1ccc2c(c1)CCN2C(=O)C1CCCC1)c1ccc(F)cc1. The fourth-order valence-corrected chi connectivity index (χ4v) is 3.91. The number of carbonyl (C=O) groups is 2. The molecule has 2 aliphatic rings. The van der Waals surface area contributed by atoms with Gasteiger partial charge in [-0.05, 0) is 67.3 Å². The molecule has 1 heterocycles. The Morgan fingerprint density at radius 1 is 1.04 bits per heavy atom. The van der Waals surface area contributed by atoms with Crippen LogP contribution < -0.4 is 10.2 Å². The average molecular weight is 352 g/mol. The Morgan fingerprint density at radius 2 is 1.77 bits per heavy atom. The van der Waals surface area contributed by atoms with E-state index in [1.54, 1.807) is 0 Å². The van der Waals surface area contributed by atoms with Gasteiger partial charge in [0.25, 0.3) is 5.91 Å². The topological polar surface area (TPSA) is 49.4 Å². The van der Waals surface area contributed by atoms with E-state index in [2.05, 4.69) is 5.32 Å². The molecule has 0 bridgehead atoms. The van der Waals surface area contributed by atoms with Crippen LogP contribution in [0.4, 0.5) is 15.8 Å². The number of nitrogens with one attached hydrogen (secondary N) is 1. The van der Waals surface area contributed by atoms with Gasteiger partial charge in [0.05, 0.1) is 0 Å². The summed E-state index contributed by atoms with van der Waals surface area (Å²) in [7, 11) is 0. The van der Waals surface area contributed by atoms with Gasteiger partial charge in [-0.25, -0.2) is 4.39 Å². The van der Waals surface area contributed by atoms with E-state index < -0.39 is 0 Å². The molecule has 2 aromatic carbocycles. The molecule has 1 saturated carbocycles. The molecule has 2 amide bonds. The summed E-state index contributed by atoms with van der Waals surface area (Å²) in [5, 5.41) is 2.84. The third-order valence-electron chi connectivity index (χ3n) is 5.31. The van der Waals surface area contributed by atoms with Crippen LogP contribution in [0.2, 0.25) is 0 Å². The van der Waals surface area contributed by atoms with E-state index in [0.29, 0.717) is 17.8 Å². The summed E-state index contributed by atoms with van der Waals surface area (Å²) in [6, 6.07) is 11.1. The van der Waals surface area contributed by atoms with Crippen molar-refractivity contribution in [3.63, 3.8) is 0 Å². The molecule has 4 rings (SSSR count). The maximum atomic E-state index is 13.0. The molecule has 0 spiro atoms. The van der Waals surface area contributed by atoms with Crippen LogP contribution in [-0.4, -0.2) is 18.4 Å². The average Bonchev–Trinajstić information content (AvgIpc) is 3.31. The molecular weight excluding hydrogens is 331 g/mol. The number of carbonyl (C=O) groups excluding carboxylic acids is 2. The van der Waals surface area contributed by atoms with Crippen LogP contribution >= 0.6 is 0 Å². The summed E-state index contributed by atoms with van der Waals surface area (Å²) in [6.45, 7) is 0.708. The van der Waals surface area contributed by atoms with E-state index >= 15 is 0 Å². The molecule has 1 N–H and O–H groups in total. The molecule has 5 heteroatoms. The molecule has 4 nitrogen and oxygen atoms in total. The molecule has 1 fully saturated rings. The first-order valence-electron chi connectivity index (χ1n) is 9.13. The van der Waals surface area contributed by atoms with Crippen molar-refractivity contribution in [2.24, 2.45) is 5.92 Å². The van der Waals surface area contributed by atoms with E-state index in [0.717, 1.165) is 43.4 Å². The van der Waals surface area contributed by atoms with Gasteiger partial charge in [0, 0.05) is 29.4 Å². The Labute approximate surface area is 152 Å². The molecular formula is C21H21FN2O2. The Kier molecular flexibility index (Phi) is 4.45. The molecule has 0 atom stereocenters. The van der Waals surface area contributed by atoms with Crippen LogP contribution in [0, 0.1) is 11.7 Å². The number of amides is 2. The van der Waals surface area contributed by atoms with Crippen molar-refractivity contribution in [2.75, 3.05) is 16.8 Å². The highest BCUT2D eigenvalue weighted by Crippen LogP contribution is 2.34. The zero-order valence-electron chi connectivity index (χ0n) is 14.5. The first-order chi connectivity index (χ1) is 12.6. The molecule has 0 saturated heterocycles. The highest BCUT2D eigenvalue weighted by molar-refractivity contribution is 6.04. The van der Waals surface area contributed by atoms with Crippen molar-refractivity contribution in [1.82, 2.24) is 0 Å². The second-order valence-corrected chi connectivity index (χ2v) is 7.03. The number of halogens is 1. The summed E-state index contributed by atoms with van der Waals surface area (Å²) >= 11 is 0. The van der Waals surface area contributed by atoms with Crippen molar-refractivity contribution in [2.45, 2.75) is 32.1 Å². The minimum absolute atomic E-state index is 0.166. The quantitative estimate of drug-likeness (QED) is 0.902. The number of hydrogen-bond donors (Lipinski definition) is 1. The van der Waals surface area contributed by atoms with E-state index in [4.69, 9.17) is 0 Å². The summed E-state index contributed by atoms with van der Waals surface area (Å²) in [4.78, 5) is 26.9. The van der Waals surface area contributed by atoms with Crippen LogP contribution in [0.15, 0.2) is 42.5 Å². The van der Waals surface area contributed by atoms with Gasteiger partial charge in [-0.1, -0.05) is 12.8 Å². The van der Waals surface area contributed by atoms with Crippen molar-refractivity contribution >= 4 is 23.2 Å². The summed E-state index contributed by atoms with van der Waals surface area (Å²) < 4.78 is 13.0. The monoisotopic (exact) mass is 352 g/mol. The minimum Gasteiger partial charge on any atom is -0.322 e. The van der Waals surface area contributed by atoms with Crippen LogP contribution in [0.3, 0.4) is 0 Å².